The van der Waals surface area contributed by atoms with E-state index in [4.69, 9.17) is 22.6 Å². The van der Waals surface area contributed by atoms with Crippen molar-refractivity contribution >= 4 is 23.7 Å². The molecule has 1 aromatic carbocycles. The zero-order valence-electron chi connectivity index (χ0n) is 18.1. The highest BCUT2D eigenvalue weighted by Gasteiger charge is 2.24. The van der Waals surface area contributed by atoms with Crippen LogP contribution in [-0.4, -0.2) is 46.8 Å². The lowest BCUT2D eigenvalue weighted by atomic mass is 10.1. The van der Waals surface area contributed by atoms with Gasteiger partial charge in [0, 0.05) is 25.8 Å². The molecule has 2 aliphatic heterocycles. The van der Waals surface area contributed by atoms with Gasteiger partial charge in [0.15, 0.2) is 0 Å². The zero-order valence-corrected chi connectivity index (χ0v) is 19.0. The summed E-state index contributed by atoms with van der Waals surface area (Å²) in [7, 11) is 4.11. The maximum absolute atomic E-state index is 9.02. The standard InChI is InChI=1S/C22H31N7S/c1-14-15(2)29-19(23)18(21(30)28(4)22(29)25-14)20(26-17-8-6-5-7-9-17)24-12-16-10-11-27(3)13-16/h5-9,14-16,23-24,26H,10-13H2,1-4H3. The lowest BCUT2D eigenvalue weighted by Crippen LogP contribution is -2.51. The molecule has 3 atom stereocenters. The second kappa shape index (κ2) is 8.35. The van der Waals surface area contributed by atoms with Crippen LogP contribution in [0, 0.1) is 16.0 Å². The molecule has 1 fully saturated rings. The molecule has 0 spiro atoms. The van der Waals surface area contributed by atoms with Crippen LogP contribution in [0.2, 0.25) is 0 Å². The average Bonchev–Trinajstić information content (AvgIpc) is 3.28. The molecule has 8 heteroatoms. The molecule has 0 aliphatic carbocycles. The van der Waals surface area contributed by atoms with Gasteiger partial charge in [0.1, 0.15) is 15.9 Å². The molecule has 0 amide bonds. The Morgan fingerprint density at radius 1 is 1.23 bits per heavy atom. The minimum atomic E-state index is 0.120. The number of anilines is 1. The van der Waals surface area contributed by atoms with E-state index in [1.165, 1.54) is 6.42 Å². The number of hydrogen-bond donors (Lipinski definition) is 3. The molecule has 0 radical (unpaired) electrons. The van der Waals surface area contributed by atoms with Crippen LogP contribution in [0.25, 0.3) is 5.82 Å². The number of para-hydroxylation sites is 1. The summed E-state index contributed by atoms with van der Waals surface area (Å²) in [5, 5.41) is 16.9. The van der Waals surface area contributed by atoms with Gasteiger partial charge in [-0.15, -0.1) is 0 Å². The van der Waals surface area contributed by atoms with Gasteiger partial charge in [-0.3, -0.25) is 9.98 Å². The highest BCUT2D eigenvalue weighted by Crippen LogP contribution is 2.15. The van der Waals surface area contributed by atoms with E-state index in [0.717, 1.165) is 42.0 Å². The van der Waals surface area contributed by atoms with E-state index < -0.39 is 0 Å². The van der Waals surface area contributed by atoms with E-state index in [1.807, 2.05) is 46.5 Å². The fourth-order valence-electron chi connectivity index (χ4n) is 4.31. The summed E-state index contributed by atoms with van der Waals surface area (Å²) >= 11 is 5.82. The van der Waals surface area contributed by atoms with Crippen LogP contribution >= 0.6 is 12.2 Å². The SMILES string of the molecule is CC1N=c2n(C)c(=S)c(=C(NCC3CCN(C)C3)Nc3ccccc3)c(=N)n2C1C. The van der Waals surface area contributed by atoms with Crippen molar-refractivity contribution in [1.82, 2.24) is 19.4 Å². The number of benzene rings is 1. The number of rotatable bonds is 5. The maximum Gasteiger partial charge on any atom is 0.207 e. The summed E-state index contributed by atoms with van der Waals surface area (Å²) in [6.45, 7) is 7.25. The van der Waals surface area contributed by atoms with Crippen LogP contribution in [0.5, 0.6) is 0 Å². The van der Waals surface area contributed by atoms with Gasteiger partial charge in [0.25, 0.3) is 0 Å². The van der Waals surface area contributed by atoms with E-state index in [9.17, 15) is 0 Å². The molecule has 2 aliphatic rings. The van der Waals surface area contributed by atoms with Gasteiger partial charge in [-0.05, 0) is 51.9 Å². The molecular formula is C22H31N7S. The Hall–Kier alpha value is -2.45. The van der Waals surface area contributed by atoms with Crippen molar-refractivity contribution in [2.75, 3.05) is 32.0 Å². The predicted molar refractivity (Wildman–Crippen MR) is 122 cm³/mol. The molecule has 0 saturated carbocycles. The number of fused-ring (bicyclic) bond motifs is 1. The number of likely N-dealkylation sites (tertiary alicyclic amines) is 1. The summed E-state index contributed by atoms with van der Waals surface area (Å²) in [6.07, 6.45) is 1.18. The van der Waals surface area contributed by atoms with Crippen LogP contribution < -0.4 is 27.0 Å². The van der Waals surface area contributed by atoms with Crippen molar-refractivity contribution in [2.45, 2.75) is 32.4 Å². The van der Waals surface area contributed by atoms with E-state index in [-0.39, 0.29) is 12.1 Å². The Morgan fingerprint density at radius 2 is 1.97 bits per heavy atom. The molecule has 3 heterocycles. The van der Waals surface area contributed by atoms with Crippen LogP contribution in [0.4, 0.5) is 5.69 Å². The second-order valence-corrected chi connectivity index (χ2v) is 8.92. The van der Waals surface area contributed by atoms with Crippen molar-refractivity contribution in [1.29, 1.82) is 5.41 Å². The fourth-order valence-corrected chi connectivity index (χ4v) is 4.59. The molecule has 1 aromatic heterocycles. The zero-order chi connectivity index (χ0) is 21.4. The Balaban J connectivity index is 1.85. The molecule has 160 valence electrons. The molecule has 7 nitrogen and oxygen atoms in total. The number of hydrogen-bond acceptors (Lipinski definition) is 6. The minimum Gasteiger partial charge on any atom is -0.371 e. The Bertz CT molecular complexity index is 1160. The van der Waals surface area contributed by atoms with E-state index in [1.54, 1.807) is 0 Å². The smallest absolute Gasteiger partial charge is 0.207 e. The number of nitrogens with one attached hydrogen (secondary N) is 3. The Labute approximate surface area is 182 Å². The first-order chi connectivity index (χ1) is 14.4. The quantitative estimate of drug-likeness (QED) is 0.632. The van der Waals surface area contributed by atoms with Crippen LogP contribution in [0.3, 0.4) is 0 Å². The monoisotopic (exact) mass is 425 g/mol. The summed E-state index contributed by atoms with van der Waals surface area (Å²) in [5.74, 6) is 1.37. The predicted octanol–water partition coefficient (Wildman–Crippen LogP) is 1.34. The largest absolute Gasteiger partial charge is 0.371 e. The summed E-state index contributed by atoms with van der Waals surface area (Å²) < 4.78 is 4.54. The van der Waals surface area contributed by atoms with E-state index in [2.05, 4.69) is 36.4 Å². The maximum atomic E-state index is 9.02. The van der Waals surface area contributed by atoms with Crippen LogP contribution in [0.1, 0.15) is 26.3 Å². The molecule has 1 saturated heterocycles. The van der Waals surface area contributed by atoms with Crippen molar-refractivity contribution < 1.29 is 0 Å². The van der Waals surface area contributed by atoms with Crippen molar-refractivity contribution in [3.63, 3.8) is 0 Å². The summed E-state index contributed by atoms with van der Waals surface area (Å²) in [6, 6.07) is 10.3. The highest BCUT2D eigenvalue weighted by molar-refractivity contribution is 7.71. The lowest BCUT2D eigenvalue weighted by Gasteiger charge is -2.19. The molecular weight excluding hydrogens is 394 g/mol. The topological polar surface area (TPSA) is 73.4 Å². The highest BCUT2D eigenvalue weighted by atomic mass is 32.1. The van der Waals surface area contributed by atoms with Gasteiger partial charge in [0.05, 0.1) is 17.3 Å². The number of aromatic nitrogens is 2. The third-order valence-corrected chi connectivity index (χ3v) is 6.76. The normalized spacial score (nSPS) is 24.3. The Kier molecular flexibility index (Phi) is 5.79. The van der Waals surface area contributed by atoms with Gasteiger partial charge >= 0.3 is 0 Å². The van der Waals surface area contributed by atoms with Crippen molar-refractivity contribution in [3.8, 4) is 0 Å². The molecule has 4 rings (SSSR count). The molecule has 3 N–H and O–H groups in total. The van der Waals surface area contributed by atoms with Crippen molar-refractivity contribution in [3.05, 3.63) is 51.3 Å². The molecule has 0 bridgehead atoms. The molecule has 2 aromatic rings. The fraction of sp³-hybridized carbons (Fsp3) is 0.500. The minimum absolute atomic E-state index is 0.120. The summed E-state index contributed by atoms with van der Waals surface area (Å²) in [5.41, 5.74) is 2.14. The van der Waals surface area contributed by atoms with Crippen LogP contribution in [0.15, 0.2) is 35.3 Å². The van der Waals surface area contributed by atoms with Gasteiger partial charge in [-0.2, -0.15) is 0 Å². The third kappa shape index (κ3) is 3.81. The number of nitrogens with zero attached hydrogens (tertiary/aromatic N) is 4. The van der Waals surface area contributed by atoms with Gasteiger partial charge in [-0.25, -0.2) is 4.99 Å². The van der Waals surface area contributed by atoms with Crippen molar-refractivity contribution in [2.24, 2.45) is 18.0 Å². The first-order valence-electron chi connectivity index (χ1n) is 10.6. The molecule has 3 unspecified atom stereocenters. The van der Waals surface area contributed by atoms with Gasteiger partial charge in [0.2, 0.25) is 5.62 Å². The van der Waals surface area contributed by atoms with E-state index >= 15 is 0 Å². The first-order valence-corrected chi connectivity index (χ1v) is 11.0. The van der Waals surface area contributed by atoms with Crippen LogP contribution in [-0.2, 0) is 7.05 Å². The van der Waals surface area contributed by atoms with Gasteiger partial charge in [-0.1, -0.05) is 30.4 Å². The first kappa shape index (κ1) is 20.8. The van der Waals surface area contributed by atoms with Gasteiger partial charge < -0.3 is 20.1 Å². The molecule has 30 heavy (non-hydrogen) atoms. The second-order valence-electron chi connectivity index (χ2n) is 8.53. The summed E-state index contributed by atoms with van der Waals surface area (Å²) in [4.78, 5) is 7.10. The third-order valence-electron chi connectivity index (χ3n) is 6.29. The average molecular weight is 426 g/mol. The Morgan fingerprint density at radius 3 is 2.63 bits per heavy atom. The van der Waals surface area contributed by atoms with E-state index in [0.29, 0.717) is 16.0 Å². The lowest BCUT2D eigenvalue weighted by molar-refractivity contribution is 0.393.